The van der Waals surface area contributed by atoms with Gasteiger partial charge in [-0.3, -0.25) is 4.79 Å². The van der Waals surface area contributed by atoms with Gasteiger partial charge in [0.25, 0.3) is 5.91 Å². The van der Waals surface area contributed by atoms with Crippen LogP contribution in [0, 0.1) is 5.92 Å². The van der Waals surface area contributed by atoms with Gasteiger partial charge in [0.05, 0.1) is 12.2 Å². The summed E-state index contributed by atoms with van der Waals surface area (Å²) in [6, 6.07) is 9.49. The van der Waals surface area contributed by atoms with Crippen LogP contribution in [0.15, 0.2) is 41.0 Å². The highest BCUT2D eigenvalue weighted by molar-refractivity contribution is 9.10. The molecule has 0 unspecified atom stereocenters. The molecular formula is C15H16BrN3O. The highest BCUT2D eigenvalue weighted by Gasteiger charge is 2.30. The van der Waals surface area contributed by atoms with Gasteiger partial charge in [0.15, 0.2) is 0 Å². The molecule has 1 N–H and O–H groups in total. The molecule has 2 aromatic rings. The Morgan fingerprint density at radius 1 is 1.35 bits per heavy atom. The average Bonchev–Trinajstić information content (AvgIpc) is 3.19. The van der Waals surface area contributed by atoms with Gasteiger partial charge in [-0.1, -0.05) is 15.9 Å². The Morgan fingerprint density at radius 3 is 2.70 bits per heavy atom. The molecular weight excluding hydrogens is 318 g/mol. The first-order chi connectivity index (χ1) is 9.65. The predicted octanol–water partition coefficient (Wildman–Crippen LogP) is 3.87. The van der Waals surface area contributed by atoms with Crippen molar-refractivity contribution in [2.45, 2.75) is 25.8 Å². The van der Waals surface area contributed by atoms with Gasteiger partial charge < -0.3 is 5.32 Å². The summed E-state index contributed by atoms with van der Waals surface area (Å²) in [5, 5.41) is 7.27. The van der Waals surface area contributed by atoms with Crippen LogP contribution in [0.3, 0.4) is 0 Å². The van der Waals surface area contributed by atoms with Gasteiger partial charge in [-0.25, -0.2) is 4.68 Å². The second kappa shape index (κ2) is 5.40. The largest absolute Gasteiger partial charge is 0.307 e. The normalized spacial score (nSPS) is 15.9. The molecule has 0 aliphatic heterocycles. The van der Waals surface area contributed by atoms with Crippen LogP contribution in [-0.4, -0.2) is 15.7 Å². The highest BCUT2D eigenvalue weighted by Crippen LogP contribution is 2.40. The third kappa shape index (κ3) is 2.77. The molecule has 1 aliphatic carbocycles. The van der Waals surface area contributed by atoms with Crippen LogP contribution in [0.2, 0.25) is 0 Å². The van der Waals surface area contributed by atoms with E-state index in [-0.39, 0.29) is 5.91 Å². The second-order valence-corrected chi connectivity index (χ2v) is 6.12. The molecule has 20 heavy (non-hydrogen) atoms. The lowest BCUT2D eigenvalue weighted by Crippen LogP contribution is -2.18. The van der Waals surface area contributed by atoms with E-state index in [9.17, 15) is 4.79 Å². The Morgan fingerprint density at radius 2 is 2.05 bits per heavy atom. The number of hydrogen-bond acceptors (Lipinski definition) is 2. The molecule has 3 rings (SSSR count). The molecule has 1 saturated carbocycles. The fourth-order valence-electron chi connectivity index (χ4n) is 2.31. The zero-order chi connectivity index (χ0) is 14.1. The Labute approximate surface area is 126 Å². The zero-order valence-corrected chi connectivity index (χ0v) is 12.8. The third-order valence-electron chi connectivity index (χ3n) is 3.71. The number of carbonyl (C=O) groups is 1. The van der Waals surface area contributed by atoms with Crippen LogP contribution in [0.25, 0.3) is 0 Å². The molecule has 4 nitrogen and oxygen atoms in total. The van der Waals surface area contributed by atoms with Crippen LogP contribution in [0.4, 0.5) is 5.82 Å². The quantitative estimate of drug-likeness (QED) is 0.923. The molecule has 1 heterocycles. The molecule has 1 aliphatic rings. The molecule has 0 bridgehead atoms. The molecule has 5 heteroatoms. The lowest BCUT2D eigenvalue weighted by atomic mass is 10.2. The zero-order valence-electron chi connectivity index (χ0n) is 11.2. The van der Waals surface area contributed by atoms with E-state index in [1.807, 2.05) is 22.9 Å². The maximum Gasteiger partial charge on any atom is 0.256 e. The summed E-state index contributed by atoms with van der Waals surface area (Å²) in [5.41, 5.74) is 0.639. The SMILES string of the molecule is C[C@H](C1CC1)n1nccc1NC(=O)c1ccc(Br)cc1. The fraction of sp³-hybridized carbons (Fsp3) is 0.333. The first kappa shape index (κ1) is 13.4. The van der Waals surface area contributed by atoms with Gasteiger partial charge in [0.2, 0.25) is 0 Å². The monoisotopic (exact) mass is 333 g/mol. The number of halogens is 1. The lowest BCUT2D eigenvalue weighted by Gasteiger charge is -2.15. The van der Waals surface area contributed by atoms with E-state index in [0.717, 1.165) is 10.3 Å². The number of aromatic nitrogens is 2. The Kier molecular flexibility index (Phi) is 3.61. The van der Waals surface area contributed by atoms with E-state index >= 15 is 0 Å². The minimum Gasteiger partial charge on any atom is -0.307 e. The van der Waals surface area contributed by atoms with E-state index in [0.29, 0.717) is 17.5 Å². The Hall–Kier alpha value is -1.62. The smallest absolute Gasteiger partial charge is 0.256 e. The number of nitrogens with one attached hydrogen (secondary N) is 1. The molecule has 0 radical (unpaired) electrons. The van der Waals surface area contributed by atoms with Crippen molar-refractivity contribution in [2.24, 2.45) is 5.92 Å². The summed E-state index contributed by atoms with van der Waals surface area (Å²) >= 11 is 3.36. The number of amides is 1. The summed E-state index contributed by atoms with van der Waals surface area (Å²) in [7, 11) is 0. The van der Waals surface area contributed by atoms with Crippen molar-refractivity contribution in [1.82, 2.24) is 9.78 Å². The van der Waals surface area contributed by atoms with Crippen LogP contribution in [-0.2, 0) is 0 Å². The Bertz CT molecular complexity index is 616. The minimum atomic E-state index is -0.109. The lowest BCUT2D eigenvalue weighted by molar-refractivity contribution is 0.102. The van der Waals surface area contributed by atoms with Crippen molar-refractivity contribution in [3.63, 3.8) is 0 Å². The minimum absolute atomic E-state index is 0.109. The van der Waals surface area contributed by atoms with E-state index in [1.165, 1.54) is 12.8 Å². The van der Waals surface area contributed by atoms with Crippen LogP contribution >= 0.6 is 15.9 Å². The van der Waals surface area contributed by atoms with E-state index in [4.69, 9.17) is 0 Å². The first-order valence-corrected chi connectivity index (χ1v) is 7.55. The van der Waals surface area contributed by atoms with Gasteiger partial charge in [-0.2, -0.15) is 5.10 Å². The van der Waals surface area contributed by atoms with Gasteiger partial charge in [0, 0.05) is 16.1 Å². The molecule has 0 saturated heterocycles. The summed E-state index contributed by atoms with van der Waals surface area (Å²) in [5.74, 6) is 1.35. The number of rotatable bonds is 4. The summed E-state index contributed by atoms with van der Waals surface area (Å²) in [6.45, 7) is 2.15. The third-order valence-corrected chi connectivity index (χ3v) is 4.24. The number of carbonyl (C=O) groups excluding carboxylic acids is 1. The summed E-state index contributed by atoms with van der Waals surface area (Å²) in [6.07, 6.45) is 4.23. The second-order valence-electron chi connectivity index (χ2n) is 5.20. The van der Waals surface area contributed by atoms with Crippen molar-refractivity contribution in [3.8, 4) is 0 Å². The van der Waals surface area contributed by atoms with Gasteiger partial charge in [-0.15, -0.1) is 0 Å². The Balaban J connectivity index is 1.76. The predicted molar refractivity (Wildman–Crippen MR) is 81.8 cm³/mol. The number of hydrogen-bond donors (Lipinski definition) is 1. The number of nitrogens with zero attached hydrogens (tertiary/aromatic N) is 2. The molecule has 1 aromatic carbocycles. The molecule has 1 aromatic heterocycles. The van der Waals surface area contributed by atoms with Crippen molar-refractivity contribution >= 4 is 27.7 Å². The molecule has 1 fully saturated rings. The fourth-order valence-corrected chi connectivity index (χ4v) is 2.57. The van der Waals surface area contributed by atoms with E-state index < -0.39 is 0 Å². The van der Waals surface area contributed by atoms with Crippen LogP contribution < -0.4 is 5.32 Å². The topological polar surface area (TPSA) is 46.9 Å². The first-order valence-electron chi connectivity index (χ1n) is 6.75. The van der Waals surface area contributed by atoms with Crippen molar-refractivity contribution < 1.29 is 4.79 Å². The molecule has 1 atom stereocenters. The standard InChI is InChI=1S/C15H16BrN3O/c1-10(11-2-3-11)19-14(8-9-17-19)18-15(20)12-4-6-13(16)7-5-12/h4-11H,2-3H2,1H3,(H,18,20)/t10-/m1/s1. The van der Waals surface area contributed by atoms with Crippen molar-refractivity contribution in [3.05, 3.63) is 46.6 Å². The van der Waals surface area contributed by atoms with E-state index in [1.54, 1.807) is 18.3 Å². The van der Waals surface area contributed by atoms with Crippen LogP contribution in [0.1, 0.15) is 36.2 Å². The summed E-state index contributed by atoms with van der Waals surface area (Å²) < 4.78 is 2.87. The summed E-state index contributed by atoms with van der Waals surface area (Å²) in [4.78, 5) is 12.2. The molecule has 104 valence electrons. The number of benzene rings is 1. The van der Waals surface area contributed by atoms with Crippen molar-refractivity contribution in [1.29, 1.82) is 0 Å². The maximum atomic E-state index is 12.2. The maximum absolute atomic E-state index is 12.2. The van der Waals surface area contributed by atoms with E-state index in [2.05, 4.69) is 33.3 Å². The van der Waals surface area contributed by atoms with Gasteiger partial charge in [-0.05, 0) is 49.9 Å². The van der Waals surface area contributed by atoms with Crippen LogP contribution in [0.5, 0.6) is 0 Å². The highest BCUT2D eigenvalue weighted by atomic mass is 79.9. The van der Waals surface area contributed by atoms with Gasteiger partial charge in [0.1, 0.15) is 5.82 Å². The van der Waals surface area contributed by atoms with Gasteiger partial charge >= 0.3 is 0 Å². The molecule has 1 amide bonds. The van der Waals surface area contributed by atoms with Crippen molar-refractivity contribution in [2.75, 3.05) is 5.32 Å². The number of anilines is 1. The average molecular weight is 334 g/mol. The molecule has 0 spiro atoms.